The Labute approximate surface area is 266 Å². The number of allylic oxidation sites excluding steroid dienone is 4. The molecule has 6 rings (SSSR count). The van der Waals surface area contributed by atoms with Gasteiger partial charge in [-0.15, -0.1) is 0 Å². The van der Waals surface area contributed by atoms with Gasteiger partial charge in [0.05, 0.1) is 0 Å². The number of nitrogens with zero attached hydrogens (tertiary/aromatic N) is 1. The molecular weight excluding hydrogens is 621 g/mol. The van der Waals surface area contributed by atoms with E-state index in [0.717, 1.165) is 6.42 Å². The zero-order chi connectivity index (χ0) is 26.8. The van der Waals surface area contributed by atoms with Gasteiger partial charge in [-0.1, -0.05) is 0 Å². The van der Waals surface area contributed by atoms with Crippen LogP contribution in [-0.2, 0) is 27.7 Å². The average Bonchev–Trinajstić information content (AvgIpc) is 3.62. The van der Waals surface area contributed by atoms with E-state index in [4.69, 9.17) is 0 Å². The molecule has 0 fully saturated rings. The van der Waals surface area contributed by atoms with Crippen LogP contribution < -0.4 is 29.7 Å². The second-order valence-corrected chi connectivity index (χ2v) is 17.5. The quantitative estimate of drug-likeness (QED) is 0.282. The molecule has 1 unspecified atom stereocenters. The van der Waals surface area contributed by atoms with Crippen LogP contribution in [0, 0.1) is 0 Å². The van der Waals surface area contributed by atoms with Crippen molar-refractivity contribution in [2.45, 2.75) is 33.4 Å². The Hall–Kier alpha value is -2.51. The summed E-state index contributed by atoms with van der Waals surface area (Å²) in [4.78, 5) is 2.25. The number of aryl methyl sites for hydroxylation is 1. The molecule has 0 radical (unpaired) electrons. The molecule has 4 aromatic rings. The van der Waals surface area contributed by atoms with Crippen LogP contribution in [0.4, 0.5) is 5.69 Å². The minimum Gasteiger partial charge on any atom is -1.00 e. The molecule has 1 nitrogen and oxygen atoms in total. The third kappa shape index (κ3) is 6.31. The van der Waals surface area contributed by atoms with Crippen molar-refractivity contribution in [3.63, 3.8) is 0 Å². The Kier molecular flexibility index (Phi) is 10.8. The second-order valence-electron chi connectivity index (χ2n) is 11.0. The van der Waals surface area contributed by atoms with Crippen LogP contribution in [0.15, 0.2) is 121 Å². The van der Waals surface area contributed by atoms with Gasteiger partial charge >= 0.3 is 243 Å². The zero-order valence-corrected chi connectivity index (χ0v) is 28.0. The summed E-state index contributed by atoms with van der Waals surface area (Å²) in [6.45, 7) is 2.29. The van der Waals surface area contributed by atoms with Gasteiger partial charge in [-0.3, -0.25) is 0 Å². The third-order valence-corrected chi connectivity index (χ3v) is 16.8. The minimum atomic E-state index is -2.59. The Morgan fingerprint density at radius 1 is 0.707 bits per heavy atom. The standard InChI is InChI=1S/C19H22N.C13H10.C5H5.2ClH.Zr/c1-4-5-6-14-7-9-18-15(11-14)12-16-13-17(20(2)3)8-10-19(16)18;1-3-7-12(8-4-1)11-13-9-5-2-6-10-13;1-2-4-5-3-1;;;/h7-13H,4-6H2,1-3H3;1-10H;1-5H;2*1H;/q;;;;;+2/p-2. The van der Waals surface area contributed by atoms with Gasteiger partial charge < -0.3 is 24.8 Å². The second kappa shape index (κ2) is 14.1. The predicted octanol–water partition coefficient (Wildman–Crippen LogP) is 2.97. The first-order chi connectivity index (χ1) is 19.2. The molecule has 0 aromatic heterocycles. The van der Waals surface area contributed by atoms with E-state index < -0.39 is 21.3 Å². The maximum atomic E-state index is 2.58. The maximum absolute atomic E-state index is 2.59. The van der Waals surface area contributed by atoms with E-state index in [1.807, 2.05) is 0 Å². The number of hydrogen-bond acceptors (Lipinski definition) is 1. The molecule has 1 atom stereocenters. The molecule has 2 aliphatic carbocycles. The van der Waals surface area contributed by atoms with Gasteiger partial charge in [0.15, 0.2) is 0 Å². The van der Waals surface area contributed by atoms with Crippen LogP contribution in [0.5, 0.6) is 0 Å². The predicted molar refractivity (Wildman–Crippen MR) is 165 cm³/mol. The third-order valence-electron chi connectivity index (χ3n) is 8.23. The van der Waals surface area contributed by atoms with E-state index in [9.17, 15) is 0 Å². The number of unbranched alkanes of at least 4 members (excludes halogenated alkanes) is 1. The van der Waals surface area contributed by atoms with Crippen LogP contribution in [0.3, 0.4) is 0 Å². The molecule has 2 aliphatic rings. The van der Waals surface area contributed by atoms with Gasteiger partial charge in [0, 0.05) is 0 Å². The van der Waals surface area contributed by atoms with E-state index in [0.29, 0.717) is 7.25 Å². The number of anilines is 1. The number of benzene rings is 4. The summed E-state index contributed by atoms with van der Waals surface area (Å²) < 4.78 is 2.58. The maximum Gasteiger partial charge on any atom is -1.00 e. The first-order valence-corrected chi connectivity index (χ1v) is 18.4. The molecule has 0 amide bonds. The fourth-order valence-corrected chi connectivity index (χ4v) is 15.6. The van der Waals surface area contributed by atoms with E-state index in [1.165, 1.54) is 51.9 Å². The largest absolute Gasteiger partial charge is 1.00 e. The van der Waals surface area contributed by atoms with Crippen molar-refractivity contribution in [2.75, 3.05) is 19.0 Å². The van der Waals surface area contributed by atoms with Crippen molar-refractivity contribution in [3.8, 4) is 11.1 Å². The summed E-state index contributed by atoms with van der Waals surface area (Å²) in [5.41, 5.74) is 11.6. The van der Waals surface area contributed by atoms with Crippen LogP contribution >= 0.6 is 0 Å². The number of fused-ring (bicyclic) bond motifs is 3. The molecule has 0 saturated heterocycles. The van der Waals surface area contributed by atoms with Crippen LogP contribution in [0.25, 0.3) is 11.1 Å². The normalized spacial score (nSPS) is 14.3. The molecule has 4 heteroatoms. The van der Waals surface area contributed by atoms with Gasteiger partial charge in [0.25, 0.3) is 0 Å². The Bertz CT molecular complexity index is 1520. The van der Waals surface area contributed by atoms with E-state index >= 15 is 0 Å². The van der Waals surface area contributed by atoms with Gasteiger partial charge in [-0.2, -0.15) is 0 Å². The summed E-state index contributed by atoms with van der Waals surface area (Å²) in [6.07, 6.45) is 13.2. The molecule has 0 spiro atoms. The molecule has 0 N–H and O–H groups in total. The molecule has 4 aromatic carbocycles. The first kappa shape index (κ1) is 31.4. The van der Waals surface area contributed by atoms with Gasteiger partial charge in [-0.05, 0) is 0 Å². The fourth-order valence-electron chi connectivity index (χ4n) is 6.30. The molecule has 41 heavy (non-hydrogen) atoms. The summed E-state index contributed by atoms with van der Waals surface area (Å²) in [6, 6.07) is 37.1. The molecule has 208 valence electrons. The van der Waals surface area contributed by atoms with Gasteiger partial charge in [0.1, 0.15) is 0 Å². The van der Waals surface area contributed by atoms with E-state index in [-0.39, 0.29) is 24.8 Å². The number of rotatable bonds is 8. The molecular formula is C37H37Cl2NZr. The molecule has 0 bridgehead atoms. The van der Waals surface area contributed by atoms with Crippen molar-refractivity contribution >= 4 is 8.89 Å². The van der Waals surface area contributed by atoms with Gasteiger partial charge in [-0.25, -0.2) is 0 Å². The average molecular weight is 658 g/mol. The Balaban J connectivity index is 0.00000194. The van der Waals surface area contributed by atoms with E-state index in [2.05, 4.69) is 147 Å². The number of hydrogen-bond donors (Lipinski definition) is 0. The topological polar surface area (TPSA) is 3.24 Å². The van der Waals surface area contributed by atoms with Crippen LogP contribution in [0.2, 0.25) is 3.63 Å². The Morgan fingerprint density at radius 2 is 1.27 bits per heavy atom. The molecule has 0 heterocycles. The molecule has 0 aliphatic heterocycles. The van der Waals surface area contributed by atoms with Gasteiger partial charge in [0.2, 0.25) is 0 Å². The minimum absolute atomic E-state index is 0. The monoisotopic (exact) mass is 655 g/mol. The van der Waals surface area contributed by atoms with Crippen LogP contribution in [0.1, 0.15) is 51.2 Å². The SMILES string of the molecule is CCCCc1ccc2c(c1)[CH]([Zr+2](=[C](c1ccccc1)c1ccccc1)[CH]1C=CC=C1)c1cc(N(C)C)ccc1-2.[Cl-].[Cl-]. The first-order valence-electron chi connectivity index (χ1n) is 14.3. The molecule has 0 saturated carbocycles. The Morgan fingerprint density at radius 3 is 1.83 bits per heavy atom. The van der Waals surface area contributed by atoms with E-state index in [1.54, 1.807) is 8.77 Å². The number of halogens is 2. The van der Waals surface area contributed by atoms with Crippen molar-refractivity contribution in [3.05, 3.63) is 149 Å². The summed E-state index contributed by atoms with van der Waals surface area (Å²) in [5, 5.41) is 0. The summed E-state index contributed by atoms with van der Waals surface area (Å²) in [5.74, 6) is 0. The van der Waals surface area contributed by atoms with Crippen LogP contribution in [-0.4, -0.2) is 17.3 Å². The summed E-state index contributed by atoms with van der Waals surface area (Å²) in [7, 11) is 4.32. The summed E-state index contributed by atoms with van der Waals surface area (Å²) >= 11 is -2.59. The smallest absolute Gasteiger partial charge is 1.00 e. The zero-order valence-electron chi connectivity index (χ0n) is 24.0. The van der Waals surface area contributed by atoms with Crippen molar-refractivity contribution in [1.82, 2.24) is 0 Å². The van der Waals surface area contributed by atoms with Crippen molar-refractivity contribution in [1.29, 1.82) is 0 Å². The van der Waals surface area contributed by atoms with Crippen molar-refractivity contribution < 1.29 is 46.1 Å². The van der Waals surface area contributed by atoms with Crippen molar-refractivity contribution in [2.24, 2.45) is 0 Å². The fraction of sp³-hybridized carbons (Fsp3) is 0.216.